The smallest absolute Gasteiger partial charge is 0.417 e. The molecule has 0 spiro atoms. The molecule has 1 aliphatic rings. The Balaban J connectivity index is 2.10. The van der Waals surface area contributed by atoms with Crippen LogP contribution in [0, 0.1) is 5.41 Å². The minimum atomic E-state index is -3.70. The van der Waals surface area contributed by atoms with Gasteiger partial charge in [-0.15, -0.1) is 5.10 Å². The van der Waals surface area contributed by atoms with Crippen LogP contribution < -0.4 is 20.1 Å². The molecule has 0 saturated carbocycles. The average molecular weight is 666 g/mol. The summed E-state index contributed by atoms with van der Waals surface area (Å²) in [5.41, 5.74) is -3.93. The molecule has 1 unspecified atom stereocenters. The van der Waals surface area contributed by atoms with Gasteiger partial charge in [-0.05, 0) is 53.7 Å². The number of hydrogen-bond acceptors (Lipinski definition) is 12. The molecule has 14 nitrogen and oxygen atoms in total. The lowest BCUT2D eigenvalue weighted by Crippen LogP contribution is -2.62. The lowest BCUT2D eigenvalue weighted by molar-refractivity contribution is -0.182. The maximum Gasteiger partial charge on any atom is 0.417 e. The fourth-order valence-electron chi connectivity index (χ4n) is 4.81. The third-order valence-electron chi connectivity index (χ3n) is 6.73. The normalized spacial score (nSPS) is 17.8. The third kappa shape index (κ3) is 9.39. The first-order chi connectivity index (χ1) is 21.7. The molecular weight excluding hydrogens is 624 g/mol. The van der Waals surface area contributed by atoms with Crippen LogP contribution in [0.15, 0.2) is 24.3 Å². The molecule has 2 N–H and O–H groups in total. The summed E-state index contributed by atoms with van der Waals surface area (Å²) in [6.45, 7) is 8.28. The Kier molecular flexibility index (Phi) is 10.9. The van der Waals surface area contributed by atoms with Crippen molar-refractivity contribution in [1.82, 2.24) is 15.1 Å². The lowest BCUT2D eigenvalue weighted by atomic mass is 9.73. The number of benzene rings is 1. The molecule has 1 aromatic carbocycles. The maximum absolute atomic E-state index is 15.3. The molecule has 1 atom stereocenters. The summed E-state index contributed by atoms with van der Waals surface area (Å²) in [6.07, 6.45) is -4.22. The number of imide groups is 1. The molecule has 0 radical (unpaired) electrons. The van der Waals surface area contributed by atoms with Gasteiger partial charge in [0.2, 0.25) is 5.91 Å². The molecule has 3 rings (SSSR count). The largest absolute Gasteiger partial charge is 0.497 e. The van der Waals surface area contributed by atoms with Gasteiger partial charge in [-0.1, -0.05) is 0 Å². The Morgan fingerprint density at radius 3 is 2.19 bits per heavy atom. The third-order valence-corrected chi connectivity index (χ3v) is 6.73. The van der Waals surface area contributed by atoms with Crippen molar-refractivity contribution in [2.45, 2.75) is 78.1 Å². The number of amides is 3. The van der Waals surface area contributed by atoms with Gasteiger partial charge in [-0.2, -0.15) is 5.10 Å². The second kappa shape index (κ2) is 13.9. The Morgan fingerprint density at radius 2 is 1.62 bits per heavy atom. The molecule has 2 heterocycles. The number of rotatable bonds is 9. The number of halogens is 2. The van der Waals surface area contributed by atoms with E-state index < -0.39 is 66.0 Å². The van der Waals surface area contributed by atoms with Crippen LogP contribution in [0.25, 0.3) is 0 Å². The summed E-state index contributed by atoms with van der Waals surface area (Å²) in [5, 5.41) is 13.6. The molecule has 0 aliphatic carbocycles. The van der Waals surface area contributed by atoms with Crippen LogP contribution in [0.4, 0.5) is 29.9 Å². The number of likely N-dealkylation sites (tertiary alicyclic amines) is 1. The molecule has 16 heteroatoms. The van der Waals surface area contributed by atoms with Gasteiger partial charge in [0, 0.05) is 37.1 Å². The van der Waals surface area contributed by atoms with Crippen LogP contribution in [0.2, 0.25) is 0 Å². The first kappa shape index (κ1) is 36.7. The van der Waals surface area contributed by atoms with Gasteiger partial charge in [-0.3, -0.25) is 14.9 Å². The molecule has 2 aromatic rings. The van der Waals surface area contributed by atoms with Gasteiger partial charge in [0.1, 0.15) is 22.7 Å². The average Bonchev–Trinajstić information content (AvgIpc) is 2.96. The van der Waals surface area contributed by atoms with Crippen molar-refractivity contribution < 1.29 is 51.6 Å². The van der Waals surface area contributed by atoms with E-state index in [2.05, 4.69) is 20.8 Å². The van der Waals surface area contributed by atoms with Gasteiger partial charge in [-0.25, -0.2) is 23.3 Å². The summed E-state index contributed by atoms with van der Waals surface area (Å²) >= 11 is 0. The van der Waals surface area contributed by atoms with Crippen LogP contribution in [0.3, 0.4) is 0 Å². The number of hydrogen-bond donors (Lipinski definition) is 2. The number of ether oxygens (including phenoxy) is 5. The van der Waals surface area contributed by atoms with E-state index >= 15 is 8.78 Å². The highest BCUT2D eigenvalue weighted by atomic mass is 19.3. The van der Waals surface area contributed by atoms with E-state index in [0.717, 1.165) is 7.11 Å². The van der Waals surface area contributed by atoms with Crippen LogP contribution in [-0.2, 0) is 36.8 Å². The Labute approximate surface area is 271 Å². The van der Waals surface area contributed by atoms with Gasteiger partial charge in [0.05, 0.1) is 39.3 Å². The number of piperidine rings is 1. The molecule has 47 heavy (non-hydrogen) atoms. The maximum atomic E-state index is 15.3. The van der Waals surface area contributed by atoms with Crippen molar-refractivity contribution in [3.8, 4) is 11.5 Å². The van der Waals surface area contributed by atoms with E-state index in [-0.39, 0.29) is 28.6 Å². The zero-order valence-electron chi connectivity index (χ0n) is 27.9. The standard InChI is InChI=1S/C31H41F2N5O9/c1-28(2,3)46-26(41)35-23-13-20(34-15-18-10-11-19(43-7)12-22(18)44-8)21(36-37-23)14-30(25(40)45-9)16-31(32,33)17-38(24(30)39)27(42)47-29(4,5)6/h10-13H,14-17H2,1-9H3,(H2,34,35,37,41). The minimum Gasteiger partial charge on any atom is -0.497 e. The zero-order chi connectivity index (χ0) is 35.4. The SMILES string of the molecule is COC(=O)C1(Cc2nnc(NC(=O)OC(C)(C)C)cc2NCc2ccc(OC)cc2OC)CC(F)(F)CN(C(=O)OC(C)(C)C)C1=O. The molecular formula is C31H41F2N5O9. The minimum absolute atomic E-state index is 0.0666. The summed E-state index contributed by atoms with van der Waals surface area (Å²) < 4.78 is 56.7. The number of methoxy groups -OCH3 is 3. The lowest BCUT2D eigenvalue weighted by Gasteiger charge is -2.42. The number of anilines is 2. The van der Waals surface area contributed by atoms with E-state index in [0.29, 0.717) is 17.1 Å². The Hall–Kier alpha value is -4.76. The second-order valence-electron chi connectivity index (χ2n) is 12.9. The molecule has 3 amide bonds. The monoisotopic (exact) mass is 665 g/mol. The van der Waals surface area contributed by atoms with E-state index in [1.54, 1.807) is 39.0 Å². The van der Waals surface area contributed by atoms with Crippen molar-refractivity contribution in [2.24, 2.45) is 5.41 Å². The van der Waals surface area contributed by atoms with Crippen molar-refractivity contribution in [2.75, 3.05) is 38.5 Å². The van der Waals surface area contributed by atoms with Gasteiger partial charge >= 0.3 is 18.2 Å². The highest BCUT2D eigenvalue weighted by molar-refractivity contribution is 6.08. The predicted molar refractivity (Wildman–Crippen MR) is 164 cm³/mol. The number of nitrogens with one attached hydrogen (secondary N) is 2. The van der Waals surface area contributed by atoms with Gasteiger partial charge < -0.3 is 29.0 Å². The molecule has 1 saturated heterocycles. The molecule has 1 aromatic heterocycles. The summed E-state index contributed by atoms with van der Waals surface area (Å²) in [6, 6.07) is 6.41. The first-order valence-electron chi connectivity index (χ1n) is 14.5. The highest BCUT2D eigenvalue weighted by Crippen LogP contribution is 2.44. The van der Waals surface area contributed by atoms with Crippen LogP contribution in [-0.4, -0.2) is 84.2 Å². The number of carbonyl (C=O) groups is 4. The van der Waals surface area contributed by atoms with E-state index in [1.807, 2.05) is 0 Å². The molecule has 258 valence electrons. The first-order valence-corrected chi connectivity index (χ1v) is 14.5. The van der Waals surface area contributed by atoms with Crippen molar-refractivity contribution in [3.05, 3.63) is 35.5 Å². The summed E-state index contributed by atoms with van der Waals surface area (Å²) in [7, 11) is 3.90. The van der Waals surface area contributed by atoms with Crippen LogP contribution >= 0.6 is 0 Å². The van der Waals surface area contributed by atoms with E-state index in [1.165, 1.54) is 41.1 Å². The molecule has 1 fully saturated rings. The zero-order valence-corrected chi connectivity index (χ0v) is 27.9. The second-order valence-corrected chi connectivity index (χ2v) is 12.9. The van der Waals surface area contributed by atoms with E-state index in [9.17, 15) is 19.2 Å². The molecule has 0 bridgehead atoms. The fraction of sp³-hybridized carbons (Fsp3) is 0.548. The van der Waals surface area contributed by atoms with Crippen molar-refractivity contribution in [1.29, 1.82) is 0 Å². The number of carbonyl (C=O) groups excluding carboxylic acids is 4. The van der Waals surface area contributed by atoms with Gasteiger partial charge in [0.25, 0.3) is 5.92 Å². The summed E-state index contributed by atoms with van der Waals surface area (Å²) in [5.74, 6) is -5.36. The highest BCUT2D eigenvalue weighted by Gasteiger charge is 2.62. The van der Waals surface area contributed by atoms with Crippen LogP contribution in [0.1, 0.15) is 59.2 Å². The van der Waals surface area contributed by atoms with Crippen molar-refractivity contribution >= 4 is 35.6 Å². The number of nitrogens with zero attached hydrogens (tertiary/aromatic N) is 3. The predicted octanol–water partition coefficient (Wildman–Crippen LogP) is 4.96. The Bertz CT molecular complexity index is 1510. The number of aromatic nitrogens is 2. The topological polar surface area (TPSA) is 168 Å². The molecule has 1 aliphatic heterocycles. The fourth-order valence-corrected chi connectivity index (χ4v) is 4.81. The summed E-state index contributed by atoms with van der Waals surface area (Å²) in [4.78, 5) is 52.8. The quantitative estimate of drug-likeness (QED) is 0.210. The number of esters is 1. The number of alkyl halides is 2. The van der Waals surface area contributed by atoms with E-state index in [4.69, 9.17) is 23.7 Å². The van der Waals surface area contributed by atoms with Gasteiger partial charge in [0.15, 0.2) is 11.2 Å². The van der Waals surface area contributed by atoms with Crippen LogP contribution in [0.5, 0.6) is 11.5 Å². The van der Waals surface area contributed by atoms with Crippen molar-refractivity contribution in [3.63, 3.8) is 0 Å². The Morgan fingerprint density at radius 1 is 0.957 bits per heavy atom.